The highest BCUT2D eigenvalue weighted by Gasteiger charge is 2.31. The number of carbonyl (C=O) groups excluding carboxylic acids is 1. The molecule has 0 aromatic heterocycles. The highest BCUT2D eigenvalue weighted by atomic mass is 35.5. The molecule has 1 aromatic carbocycles. The van der Waals surface area contributed by atoms with Crippen LogP contribution in [0.1, 0.15) is 18.1 Å². The van der Waals surface area contributed by atoms with Crippen molar-refractivity contribution in [3.63, 3.8) is 0 Å². The molecule has 0 saturated heterocycles. The van der Waals surface area contributed by atoms with Gasteiger partial charge in [-0.15, -0.1) is 12.4 Å². The van der Waals surface area contributed by atoms with Crippen molar-refractivity contribution >= 4 is 18.3 Å². The third kappa shape index (κ3) is 7.13. The molecule has 1 aromatic rings. The Bertz CT molecular complexity index is 522. The molecule has 1 rings (SSSR count). The molecule has 0 spiro atoms. The summed E-state index contributed by atoms with van der Waals surface area (Å²) in [7, 11) is 0. The van der Waals surface area contributed by atoms with Gasteiger partial charge in [-0.25, -0.2) is 8.78 Å². The molecule has 1 amide bonds. The average molecular weight is 361 g/mol. The Kier molecular flexibility index (Phi) is 7.93. The van der Waals surface area contributed by atoms with E-state index in [1.807, 2.05) is 5.32 Å². The summed E-state index contributed by atoms with van der Waals surface area (Å²) < 4.78 is 63.6. The fraction of sp³-hybridized carbons (Fsp3) is 0.500. The minimum atomic E-state index is -4.47. The minimum Gasteiger partial charge on any atom is -0.350 e. The zero-order valence-corrected chi connectivity index (χ0v) is 13.1. The Hall–Kier alpha value is -1.41. The molecule has 1 unspecified atom stereocenters. The Labute approximate surface area is 136 Å². The van der Waals surface area contributed by atoms with Crippen LogP contribution in [0.3, 0.4) is 0 Å². The maximum absolute atomic E-state index is 12.9. The Balaban J connectivity index is 0.00000484. The van der Waals surface area contributed by atoms with Gasteiger partial charge in [0.25, 0.3) is 5.92 Å². The summed E-state index contributed by atoms with van der Waals surface area (Å²) in [6.07, 6.45) is -4.45. The van der Waals surface area contributed by atoms with Crippen molar-refractivity contribution in [1.82, 2.24) is 5.32 Å². The van der Waals surface area contributed by atoms with Crippen LogP contribution in [-0.4, -0.2) is 24.9 Å². The molecular weight excluding hydrogens is 343 g/mol. The molecule has 0 radical (unpaired) electrons. The highest BCUT2D eigenvalue weighted by Crippen LogP contribution is 2.30. The second-order valence-electron chi connectivity index (χ2n) is 5.08. The number of nitrogens with one attached hydrogen (secondary N) is 1. The Morgan fingerprint density at radius 1 is 1.26 bits per heavy atom. The van der Waals surface area contributed by atoms with Crippen LogP contribution in [-0.2, 0) is 17.4 Å². The van der Waals surface area contributed by atoms with E-state index in [0.717, 1.165) is 12.1 Å². The van der Waals surface area contributed by atoms with Crippen molar-refractivity contribution in [2.45, 2.75) is 25.4 Å². The van der Waals surface area contributed by atoms with Crippen molar-refractivity contribution in [3.05, 3.63) is 35.4 Å². The van der Waals surface area contributed by atoms with Gasteiger partial charge >= 0.3 is 6.18 Å². The number of nitrogens with two attached hydrogens (primary N) is 1. The SMILES string of the molecule is CC(Cc1cccc(C(F)(F)F)c1)C(=O)NCC(F)(F)CN.Cl. The average Bonchev–Trinajstić information content (AvgIpc) is 2.44. The molecule has 0 bridgehead atoms. The molecule has 0 aliphatic heterocycles. The van der Waals surface area contributed by atoms with Gasteiger partial charge in [-0.05, 0) is 18.1 Å². The number of carbonyl (C=O) groups is 1. The van der Waals surface area contributed by atoms with E-state index in [-0.39, 0.29) is 18.8 Å². The van der Waals surface area contributed by atoms with Crippen LogP contribution in [0, 0.1) is 5.92 Å². The number of alkyl halides is 5. The first kappa shape index (κ1) is 21.6. The molecule has 0 saturated carbocycles. The number of benzene rings is 1. The highest BCUT2D eigenvalue weighted by molar-refractivity contribution is 5.85. The van der Waals surface area contributed by atoms with Crippen LogP contribution >= 0.6 is 12.4 Å². The zero-order chi connectivity index (χ0) is 17.0. The van der Waals surface area contributed by atoms with E-state index in [2.05, 4.69) is 0 Å². The molecule has 132 valence electrons. The van der Waals surface area contributed by atoms with E-state index in [0.29, 0.717) is 5.56 Å². The van der Waals surface area contributed by atoms with Gasteiger partial charge in [-0.1, -0.05) is 25.1 Å². The van der Waals surface area contributed by atoms with Crippen LogP contribution in [0.25, 0.3) is 0 Å². The van der Waals surface area contributed by atoms with Crippen LogP contribution in [0.15, 0.2) is 24.3 Å². The number of hydrogen-bond acceptors (Lipinski definition) is 2. The number of amides is 1. The Morgan fingerprint density at radius 3 is 2.39 bits per heavy atom. The van der Waals surface area contributed by atoms with Crippen LogP contribution < -0.4 is 11.1 Å². The second kappa shape index (κ2) is 8.44. The minimum absolute atomic E-state index is 0. The summed E-state index contributed by atoms with van der Waals surface area (Å²) in [5.74, 6) is -4.60. The number of rotatable bonds is 6. The molecule has 3 nitrogen and oxygen atoms in total. The van der Waals surface area contributed by atoms with E-state index in [4.69, 9.17) is 5.73 Å². The van der Waals surface area contributed by atoms with Gasteiger partial charge in [0.15, 0.2) is 0 Å². The summed E-state index contributed by atoms with van der Waals surface area (Å²) in [6.45, 7) is -0.333. The first-order valence-corrected chi connectivity index (χ1v) is 6.57. The largest absolute Gasteiger partial charge is 0.416 e. The van der Waals surface area contributed by atoms with Gasteiger partial charge < -0.3 is 11.1 Å². The van der Waals surface area contributed by atoms with E-state index in [1.165, 1.54) is 19.1 Å². The summed E-state index contributed by atoms with van der Waals surface area (Å²) >= 11 is 0. The van der Waals surface area contributed by atoms with Crippen molar-refractivity contribution < 1.29 is 26.7 Å². The third-order valence-corrected chi connectivity index (χ3v) is 3.06. The summed E-state index contributed by atoms with van der Waals surface area (Å²) in [6, 6.07) is 4.56. The van der Waals surface area contributed by atoms with Crippen LogP contribution in [0.4, 0.5) is 22.0 Å². The van der Waals surface area contributed by atoms with Gasteiger partial charge in [-0.2, -0.15) is 13.2 Å². The molecule has 1 atom stereocenters. The molecule has 23 heavy (non-hydrogen) atoms. The lowest BCUT2D eigenvalue weighted by Gasteiger charge is -2.17. The van der Waals surface area contributed by atoms with Crippen LogP contribution in [0.5, 0.6) is 0 Å². The maximum Gasteiger partial charge on any atom is 0.416 e. The van der Waals surface area contributed by atoms with E-state index >= 15 is 0 Å². The molecule has 0 aliphatic carbocycles. The topological polar surface area (TPSA) is 55.1 Å². The van der Waals surface area contributed by atoms with Gasteiger partial charge in [-0.3, -0.25) is 4.79 Å². The summed E-state index contributed by atoms with van der Waals surface area (Å²) in [5.41, 5.74) is 4.34. The van der Waals surface area contributed by atoms with Crippen molar-refractivity contribution in [2.24, 2.45) is 11.7 Å². The van der Waals surface area contributed by atoms with Gasteiger partial charge in [0.05, 0.1) is 18.7 Å². The first-order chi connectivity index (χ1) is 10.0. The number of hydrogen-bond donors (Lipinski definition) is 2. The normalized spacial score (nSPS) is 13.2. The van der Waals surface area contributed by atoms with E-state index in [9.17, 15) is 26.7 Å². The monoisotopic (exact) mass is 360 g/mol. The molecule has 3 N–H and O–H groups in total. The second-order valence-corrected chi connectivity index (χ2v) is 5.08. The van der Waals surface area contributed by atoms with Gasteiger partial charge in [0, 0.05) is 5.92 Å². The Morgan fingerprint density at radius 2 is 1.87 bits per heavy atom. The third-order valence-electron chi connectivity index (χ3n) is 3.06. The molecular formula is C14H18ClF5N2O. The lowest BCUT2D eigenvalue weighted by Crippen LogP contribution is -2.43. The zero-order valence-electron chi connectivity index (χ0n) is 12.3. The van der Waals surface area contributed by atoms with Crippen molar-refractivity contribution in [2.75, 3.05) is 13.1 Å². The van der Waals surface area contributed by atoms with Crippen molar-refractivity contribution in [1.29, 1.82) is 0 Å². The van der Waals surface area contributed by atoms with Gasteiger partial charge in [0.1, 0.15) is 0 Å². The van der Waals surface area contributed by atoms with Crippen molar-refractivity contribution in [3.8, 4) is 0 Å². The summed E-state index contributed by atoms with van der Waals surface area (Å²) in [4.78, 5) is 11.7. The lowest BCUT2D eigenvalue weighted by atomic mass is 9.98. The lowest BCUT2D eigenvalue weighted by molar-refractivity contribution is -0.137. The van der Waals surface area contributed by atoms with Gasteiger partial charge in [0.2, 0.25) is 5.91 Å². The van der Waals surface area contributed by atoms with E-state index in [1.54, 1.807) is 0 Å². The molecule has 0 fully saturated rings. The van der Waals surface area contributed by atoms with Crippen LogP contribution in [0.2, 0.25) is 0 Å². The fourth-order valence-electron chi connectivity index (χ4n) is 1.78. The number of halogens is 6. The smallest absolute Gasteiger partial charge is 0.350 e. The van der Waals surface area contributed by atoms with E-state index < -0.39 is 42.6 Å². The molecule has 0 heterocycles. The maximum atomic E-state index is 12.9. The predicted octanol–water partition coefficient (Wildman–Crippen LogP) is 3.02. The standard InChI is InChI=1S/C14H17F5N2O.ClH/c1-9(12(22)21-8-13(15,16)7-20)5-10-3-2-4-11(6-10)14(17,18)19;/h2-4,6,9H,5,7-8,20H2,1H3,(H,21,22);1H. The molecule has 9 heteroatoms. The predicted molar refractivity (Wildman–Crippen MR) is 78.6 cm³/mol. The summed E-state index contributed by atoms with van der Waals surface area (Å²) in [5, 5.41) is 2.05. The first-order valence-electron chi connectivity index (χ1n) is 6.57. The molecule has 0 aliphatic rings. The fourth-order valence-corrected chi connectivity index (χ4v) is 1.78. The quantitative estimate of drug-likeness (QED) is 0.766.